The van der Waals surface area contributed by atoms with Crippen molar-refractivity contribution in [2.24, 2.45) is 0 Å². The number of esters is 3. The quantitative estimate of drug-likeness (QED) is 0.0340. The first-order chi connectivity index (χ1) is 28.0. The summed E-state index contributed by atoms with van der Waals surface area (Å²) in [5, 5.41) is 11.1. The molecular weight excluding hydrogens is 725 g/mol. The summed E-state index contributed by atoms with van der Waals surface area (Å²) in [5.41, 5.74) is -1.27. The van der Waals surface area contributed by atoms with E-state index >= 15 is 0 Å². The minimum absolute atomic E-state index is 0.324. The molecule has 0 aliphatic carbocycles. The maximum absolute atomic E-state index is 13.5. The van der Waals surface area contributed by atoms with Gasteiger partial charge in [-0.2, -0.15) is 0 Å². The zero-order valence-electron chi connectivity index (χ0n) is 37.6. The average molecular weight is 807 g/mol. The summed E-state index contributed by atoms with van der Waals surface area (Å²) in [4.78, 5) is 37.4. The molecule has 0 fully saturated rings. The van der Waals surface area contributed by atoms with Crippen molar-refractivity contribution in [3.63, 3.8) is 0 Å². The van der Waals surface area contributed by atoms with Crippen LogP contribution in [0.3, 0.4) is 0 Å². The Labute approximate surface area is 354 Å². The molecule has 0 aliphatic heterocycles. The van der Waals surface area contributed by atoms with Crippen LogP contribution in [0.4, 0.5) is 0 Å². The molecule has 2 aromatic rings. The number of aryl methyl sites for hydroxylation is 1. The van der Waals surface area contributed by atoms with Gasteiger partial charge < -0.3 is 19.3 Å². The molecule has 0 bridgehead atoms. The summed E-state index contributed by atoms with van der Waals surface area (Å²) >= 11 is 0. The third-order valence-electron chi connectivity index (χ3n) is 10.9. The molecule has 0 saturated carbocycles. The van der Waals surface area contributed by atoms with E-state index in [1.54, 1.807) is 19.1 Å². The number of benzene rings is 2. The average Bonchev–Trinajstić information content (AvgIpc) is 3.22. The van der Waals surface area contributed by atoms with Crippen molar-refractivity contribution in [2.45, 2.75) is 213 Å². The topological polar surface area (TPSA) is 99.1 Å². The minimum Gasteiger partial charge on any atom is -0.466 e. The van der Waals surface area contributed by atoms with Gasteiger partial charge in [0.25, 0.3) is 0 Å². The Hall–Kier alpha value is -3.45. The first kappa shape index (κ1) is 52.6. The molecule has 0 radical (unpaired) electrons. The lowest BCUT2D eigenvalue weighted by atomic mass is 9.94. The monoisotopic (exact) mass is 807 g/mol. The first-order valence-corrected chi connectivity index (χ1v) is 23.0. The third kappa shape index (κ3) is 25.8. The van der Waals surface area contributed by atoms with E-state index in [4.69, 9.17) is 9.47 Å². The van der Waals surface area contributed by atoms with Crippen molar-refractivity contribution in [3.05, 3.63) is 71.8 Å². The molecule has 2 unspecified atom stereocenters. The van der Waals surface area contributed by atoms with E-state index in [1.165, 1.54) is 136 Å². The summed E-state index contributed by atoms with van der Waals surface area (Å²) in [6.45, 7) is 9.55. The molecule has 2 rings (SSSR count). The number of hydrogen-bond donors (Lipinski definition) is 1. The lowest BCUT2D eigenvalue weighted by Crippen LogP contribution is -2.48. The molecule has 0 amide bonds. The van der Waals surface area contributed by atoms with E-state index in [-0.39, 0.29) is 5.97 Å². The molecule has 328 valence electrons. The molecule has 7 heteroatoms. The number of aliphatic hydroxyl groups is 1. The Balaban J connectivity index is 0.00000119. The van der Waals surface area contributed by atoms with Gasteiger partial charge in [-0.15, -0.1) is 0 Å². The van der Waals surface area contributed by atoms with Crippen LogP contribution < -0.4 is 4.74 Å². The third-order valence-corrected chi connectivity index (χ3v) is 10.9. The SMILES string of the molecule is CCCCCCCCCCCCCCCCC(C)(OC(=O)C(C)(O)CCCCCCCCCCCC)C(=O)Oc1ccccc1C.COC(=O)C=Cc1ccccc1. The molecule has 2 aromatic carbocycles. The number of rotatable bonds is 32. The van der Waals surface area contributed by atoms with Crippen LogP contribution in [0.2, 0.25) is 0 Å². The minimum atomic E-state index is -1.64. The number of carbonyl (C=O) groups is 3. The lowest BCUT2D eigenvalue weighted by molar-refractivity contribution is -0.189. The summed E-state index contributed by atoms with van der Waals surface area (Å²) < 4.78 is 16.1. The Bertz CT molecular complexity index is 1370. The van der Waals surface area contributed by atoms with Gasteiger partial charge in [0.2, 0.25) is 5.60 Å². The molecule has 1 N–H and O–H groups in total. The Morgan fingerprint density at radius 2 is 0.983 bits per heavy atom. The fourth-order valence-corrected chi connectivity index (χ4v) is 6.90. The highest BCUT2D eigenvalue weighted by Crippen LogP contribution is 2.29. The van der Waals surface area contributed by atoms with E-state index in [1.807, 2.05) is 55.5 Å². The summed E-state index contributed by atoms with van der Waals surface area (Å²) in [6, 6.07) is 16.9. The largest absolute Gasteiger partial charge is 0.466 e. The molecular formula is C51H82O7. The number of methoxy groups -OCH3 is 1. The Morgan fingerprint density at radius 1 is 0.569 bits per heavy atom. The Kier molecular flexibility index (Phi) is 30.3. The number of carbonyl (C=O) groups excluding carboxylic acids is 3. The molecule has 2 atom stereocenters. The van der Waals surface area contributed by atoms with Gasteiger partial charge in [-0.25, -0.2) is 14.4 Å². The molecule has 7 nitrogen and oxygen atoms in total. The van der Waals surface area contributed by atoms with Gasteiger partial charge in [-0.1, -0.05) is 204 Å². The summed E-state index contributed by atoms with van der Waals surface area (Å²) in [5.74, 6) is -1.19. The fourth-order valence-electron chi connectivity index (χ4n) is 6.90. The number of unbranched alkanes of at least 4 members (excludes halogenated alkanes) is 22. The van der Waals surface area contributed by atoms with Crippen molar-refractivity contribution < 1.29 is 33.7 Å². The predicted octanol–water partition coefficient (Wildman–Crippen LogP) is 14.0. The second-order valence-corrected chi connectivity index (χ2v) is 16.6. The molecule has 0 heterocycles. The lowest BCUT2D eigenvalue weighted by Gasteiger charge is -2.31. The fraction of sp³-hybridized carbons (Fsp3) is 0.667. The van der Waals surface area contributed by atoms with Gasteiger partial charge in [-0.3, -0.25) is 0 Å². The Morgan fingerprint density at radius 3 is 1.43 bits per heavy atom. The van der Waals surface area contributed by atoms with E-state index in [0.29, 0.717) is 18.6 Å². The second kappa shape index (κ2) is 33.4. The molecule has 0 aromatic heterocycles. The maximum atomic E-state index is 13.5. The van der Waals surface area contributed by atoms with Gasteiger partial charge in [0.05, 0.1) is 7.11 Å². The van der Waals surface area contributed by atoms with Gasteiger partial charge in [0.15, 0.2) is 5.60 Å². The standard InChI is InChI=1S/C41H72O5.C10H10O2/c1-6-8-10-12-14-16-18-19-20-21-23-25-27-31-35-41(5,39(43)45-37-33-29-28-32-36(37)3)46-38(42)40(4,44)34-30-26-24-22-17-15-13-11-9-7-2;1-12-10(11)8-7-9-5-3-2-4-6-9/h28-29,32-33,44H,6-27,30-31,34-35H2,1-5H3;2-8H,1H3. The smallest absolute Gasteiger partial charge is 0.355 e. The van der Waals surface area contributed by atoms with E-state index in [0.717, 1.165) is 49.7 Å². The summed E-state index contributed by atoms with van der Waals surface area (Å²) in [7, 11) is 1.36. The van der Waals surface area contributed by atoms with Gasteiger partial charge in [-0.05, 0) is 69.7 Å². The van der Waals surface area contributed by atoms with Crippen molar-refractivity contribution >= 4 is 24.0 Å². The van der Waals surface area contributed by atoms with Crippen molar-refractivity contribution in [3.8, 4) is 5.75 Å². The normalized spacial score (nSPS) is 13.2. The highest BCUT2D eigenvalue weighted by Gasteiger charge is 2.43. The zero-order valence-corrected chi connectivity index (χ0v) is 37.6. The van der Waals surface area contributed by atoms with Crippen molar-refractivity contribution in [1.29, 1.82) is 0 Å². The second-order valence-electron chi connectivity index (χ2n) is 16.6. The highest BCUT2D eigenvalue weighted by molar-refractivity contribution is 5.87. The zero-order chi connectivity index (χ0) is 42.7. The van der Waals surface area contributed by atoms with Gasteiger partial charge in [0.1, 0.15) is 5.75 Å². The van der Waals surface area contributed by atoms with E-state index in [2.05, 4.69) is 18.6 Å². The maximum Gasteiger partial charge on any atom is 0.355 e. The predicted molar refractivity (Wildman–Crippen MR) is 241 cm³/mol. The van der Waals surface area contributed by atoms with Crippen LogP contribution in [0, 0.1) is 6.92 Å². The van der Waals surface area contributed by atoms with Gasteiger partial charge >= 0.3 is 17.9 Å². The molecule has 0 aliphatic rings. The van der Waals surface area contributed by atoms with E-state index in [9.17, 15) is 19.5 Å². The van der Waals surface area contributed by atoms with Crippen LogP contribution in [0.1, 0.15) is 206 Å². The molecule has 0 spiro atoms. The molecule has 58 heavy (non-hydrogen) atoms. The first-order valence-electron chi connectivity index (χ1n) is 23.0. The van der Waals surface area contributed by atoms with Crippen LogP contribution in [0.5, 0.6) is 5.75 Å². The number of para-hydroxylation sites is 1. The number of hydrogen-bond acceptors (Lipinski definition) is 7. The van der Waals surface area contributed by atoms with Crippen LogP contribution in [-0.2, 0) is 23.9 Å². The van der Waals surface area contributed by atoms with Crippen LogP contribution in [0.15, 0.2) is 60.7 Å². The van der Waals surface area contributed by atoms with E-state index < -0.39 is 23.1 Å². The van der Waals surface area contributed by atoms with Crippen LogP contribution in [0.25, 0.3) is 6.08 Å². The summed E-state index contributed by atoms with van der Waals surface area (Å²) in [6.07, 6.45) is 33.1. The van der Waals surface area contributed by atoms with Crippen molar-refractivity contribution in [2.75, 3.05) is 7.11 Å². The van der Waals surface area contributed by atoms with Gasteiger partial charge in [0, 0.05) is 6.08 Å². The highest BCUT2D eigenvalue weighted by atomic mass is 16.6. The number of ether oxygens (including phenoxy) is 3. The van der Waals surface area contributed by atoms with Crippen LogP contribution >= 0.6 is 0 Å². The van der Waals surface area contributed by atoms with Crippen molar-refractivity contribution in [1.82, 2.24) is 0 Å². The molecule has 0 saturated heterocycles. The van der Waals surface area contributed by atoms with Crippen LogP contribution in [-0.4, -0.2) is 41.3 Å².